The van der Waals surface area contributed by atoms with E-state index in [1.54, 1.807) is 6.92 Å². The van der Waals surface area contributed by atoms with Crippen LogP contribution in [0.2, 0.25) is 0 Å². The van der Waals surface area contributed by atoms with Crippen LogP contribution in [0, 0.1) is 29.3 Å². The summed E-state index contributed by atoms with van der Waals surface area (Å²) >= 11 is 0. The summed E-state index contributed by atoms with van der Waals surface area (Å²) < 4.78 is 42.7. The molecule has 0 aromatic heterocycles. The fourth-order valence-corrected chi connectivity index (χ4v) is 0.904. The first kappa shape index (κ1) is 12.1. The van der Waals surface area contributed by atoms with E-state index in [9.17, 15) is 18.0 Å². The van der Waals surface area contributed by atoms with Gasteiger partial charge in [-0.15, -0.1) is 0 Å². The van der Waals surface area contributed by atoms with Gasteiger partial charge >= 0.3 is 5.97 Å². The molecule has 1 aromatic rings. The van der Waals surface area contributed by atoms with Crippen LogP contribution in [0.25, 0.3) is 0 Å². The van der Waals surface area contributed by atoms with Crippen molar-refractivity contribution in [2.45, 2.75) is 6.92 Å². The maximum atomic E-state index is 13.0. The van der Waals surface area contributed by atoms with Crippen molar-refractivity contribution in [3.8, 4) is 11.8 Å². The molecule has 0 heterocycles. The van der Waals surface area contributed by atoms with Gasteiger partial charge in [-0.3, -0.25) is 0 Å². The highest BCUT2D eigenvalue weighted by molar-refractivity contribution is 5.89. The highest BCUT2D eigenvalue weighted by Crippen LogP contribution is 2.12. The van der Waals surface area contributed by atoms with Gasteiger partial charge in [-0.05, 0) is 13.0 Å². The van der Waals surface area contributed by atoms with Gasteiger partial charge < -0.3 is 4.74 Å². The molecule has 0 bridgehead atoms. The zero-order chi connectivity index (χ0) is 12.1. The molecule has 84 valence electrons. The van der Waals surface area contributed by atoms with Crippen molar-refractivity contribution in [2.24, 2.45) is 0 Å². The largest absolute Gasteiger partial charge is 0.456 e. The number of ether oxygens (including phenoxy) is 1. The van der Waals surface area contributed by atoms with Gasteiger partial charge in [0.25, 0.3) is 0 Å². The predicted molar refractivity (Wildman–Crippen MR) is 49.8 cm³/mol. The monoisotopic (exact) mass is 228 g/mol. The highest BCUT2D eigenvalue weighted by atomic mass is 19.2. The molecule has 0 saturated heterocycles. The molecule has 0 spiro atoms. The quantitative estimate of drug-likeness (QED) is 0.417. The molecule has 1 rings (SSSR count). The number of hydrogen-bond acceptors (Lipinski definition) is 2. The summed E-state index contributed by atoms with van der Waals surface area (Å²) in [5.41, 5.74) is -0.396. The summed E-state index contributed by atoms with van der Waals surface area (Å²) in [6.07, 6.45) is 0. The fraction of sp³-hybridized carbons (Fsp3) is 0.182. The Labute approximate surface area is 90.0 Å². The summed E-state index contributed by atoms with van der Waals surface area (Å²) in [6.45, 7) is 1.71. The second-order valence-corrected chi connectivity index (χ2v) is 2.72. The van der Waals surface area contributed by atoms with E-state index in [4.69, 9.17) is 0 Å². The van der Waals surface area contributed by atoms with E-state index >= 15 is 0 Å². The number of carbonyl (C=O) groups excluding carboxylic acids is 1. The van der Waals surface area contributed by atoms with Gasteiger partial charge in [-0.1, -0.05) is 5.92 Å². The van der Waals surface area contributed by atoms with Crippen molar-refractivity contribution in [3.63, 3.8) is 0 Å². The first-order valence-electron chi connectivity index (χ1n) is 4.38. The van der Waals surface area contributed by atoms with Crippen molar-refractivity contribution in [1.82, 2.24) is 0 Å². The van der Waals surface area contributed by atoms with Crippen molar-refractivity contribution in [2.75, 3.05) is 6.61 Å². The van der Waals surface area contributed by atoms with Crippen LogP contribution >= 0.6 is 0 Å². The third-order valence-electron chi connectivity index (χ3n) is 1.58. The lowest BCUT2D eigenvalue weighted by molar-refractivity contribution is -0.136. The average Bonchev–Trinajstić information content (AvgIpc) is 2.22. The molecule has 0 unspecified atom stereocenters. The third kappa shape index (κ3) is 3.02. The molecular formula is C11H7F3O2. The molecule has 0 atom stereocenters. The first-order chi connectivity index (χ1) is 7.54. The number of halogens is 3. The summed E-state index contributed by atoms with van der Waals surface area (Å²) in [5.74, 6) is -0.414. The van der Waals surface area contributed by atoms with Gasteiger partial charge in [0.15, 0.2) is 11.6 Å². The molecular weight excluding hydrogens is 221 g/mol. The molecule has 0 aliphatic heterocycles. The number of esters is 1. The van der Waals surface area contributed by atoms with Gasteiger partial charge in [-0.2, -0.15) is 0 Å². The van der Waals surface area contributed by atoms with E-state index in [-0.39, 0.29) is 6.61 Å². The van der Waals surface area contributed by atoms with Crippen LogP contribution in [0.5, 0.6) is 0 Å². The van der Waals surface area contributed by atoms with Gasteiger partial charge in [0.1, 0.15) is 5.82 Å². The normalized spacial score (nSPS) is 9.25. The van der Waals surface area contributed by atoms with E-state index < -0.39 is 29.0 Å². The highest BCUT2D eigenvalue weighted by Gasteiger charge is 2.07. The van der Waals surface area contributed by atoms with Gasteiger partial charge in [0.2, 0.25) is 0 Å². The number of rotatable bonds is 1. The minimum absolute atomic E-state index is 0.133. The zero-order valence-electron chi connectivity index (χ0n) is 8.31. The smallest absolute Gasteiger partial charge is 0.384 e. The van der Waals surface area contributed by atoms with Crippen LogP contribution in [0.4, 0.5) is 13.2 Å². The van der Waals surface area contributed by atoms with Crippen LogP contribution in [-0.2, 0) is 9.53 Å². The molecule has 0 saturated carbocycles. The van der Waals surface area contributed by atoms with E-state index in [0.717, 1.165) is 0 Å². The number of carbonyl (C=O) groups is 1. The molecule has 5 heteroatoms. The second kappa shape index (κ2) is 5.21. The molecule has 0 aliphatic carbocycles. The topological polar surface area (TPSA) is 26.3 Å². The number of hydrogen-bond donors (Lipinski definition) is 0. The van der Waals surface area contributed by atoms with Crippen LogP contribution in [0.15, 0.2) is 12.1 Å². The van der Waals surface area contributed by atoms with Crippen LogP contribution < -0.4 is 0 Å². The maximum Gasteiger partial charge on any atom is 0.384 e. The lowest BCUT2D eigenvalue weighted by Crippen LogP contribution is -2.00. The SMILES string of the molecule is CCOC(=O)C#Cc1cc(F)c(F)cc1F. The van der Waals surface area contributed by atoms with Crippen molar-refractivity contribution in [3.05, 3.63) is 35.1 Å². The Morgan fingerprint density at radius 1 is 1.25 bits per heavy atom. The Balaban J connectivity index is 2.97. The predicted octanol–water partition coefficient (Wildman–Crippen LogP) is 2.02. The molecule has 0 N–H and O–H groups in total. The lowest BCUT2D eigenvalue weighted by atomic mass is 10.2. The van der Waals surface area contributed by atoms with Gasteiger partial charge in [-0.25, -0.2) is 18.0 Å². The summed E-state index contributed by atoms with van der Waals surface area (Å²) in [4.78, 5) is 10.8. The van der Waals surface area contributed by atoms with Crippen molar-refractivity contribution >= 4 is 5.97 Å². The van der Waals surface area contributed by atoms with Gasteiger partial charge in [0, 0.05) is 12.0 Å². The number of benzene rings is 1. The Hall–Kier alpha value is -1.96. The minimum atomic E-state index is -1.31. The maximum absolute atomic E-state index is 13.0. The van der Waals surface area contributed by atoms with E-state index in [1.807, 2.05) is 5.92 Å². The third-order valence-corrected chi connectivity index (χ3v) is 1.58. The summed E-state index contributed by atoms with van der Waals surface area (Å²) in [6, 6.07) is 0.946. The molecule has 0 amide bonds. The fourth-order valence-electron chi connectivity index (χ4n) is 0.904. The first-order valence-corrected chi connectivity index (χ1v) is 4.38. The standard InChI is InChI=1S/C11H7F3O2/c1-2-16-11(15)4-3-7-5-9(13)10(14)6-8(7)12/h5-6H,2H2,1H3. The van der Waals surface area contributed by atoms with Crippen molar-refractivity contribution in [1.29, 1.82) is 0 Å². The Morgan fingerprint density at radius 3 is 2.50 bits per heavy atom. The lowest BCUT2D eigenvalue weighted by Gasteiger charge is -1.96. The summed E-state index contributed by atoms with van der Waals surface area (Å²) in [7, 11) is 0. The molecule has 0 fully saturated rings. The molecule has 1 aromatic carbocycles. The van der Waals surface area contributed by atoms with Crippen molar-refractivity contribution < 1.29 is 22.7 Å². The van der Waals surface area contributed by atoms with E-state index in [2.05, 4.69) is 10.7 Å². The molecule has 2 nitrogen and oxygen atoms in total. The van der Waals surface area contributed by atoms with E-state index in [1.165, 1.54) is 0 Å². The summed E-state index contributed by atoms with van der Waals surface area (Å²) in [5, 5.41) is 0. The molecule has 0 aliphatic rings. The average molecular weight is 228 g/mol. The van der Waals surface area contributed by atoms with Gasteiger partial charge in [0.05, 0.1) is 12.2 Å². The Bertz CT molecular complexity index is 472. The van der Waals surface area contributed by atoms with Crippen LogP contribution in [-0.4, -0.2) is 12.6 Å². The second-order valence-electron chi connectivity index (χ2n) is 2.72. The zero-order valence-corrected chi connectivity index (χ0v) is 8.31. The van der Waals surface area contributed by atoms with Crippen LogP contribution in [0.3, 0.4) is 0 Å². The van der Waals surface area contributed by atoms with Crippen LogP contribution in [0.1, 0.15) is 12.5 Å². The molecule has 0 radical (unpaired) electrons. The minimum Gasteiger partial charge on any atom is -0.456 e. The van der Waals surface area contributed by atoms with E-state index in [0.29, 0.717) is 12.1 Å². The Morgan fingerprint density at radius 2 is 1.88 bits per heavy atom. The Kier molecular flexibility index (Phi) is 3.95. The molecule has 16 heavy (non-hydrogen) atoms.